The number of pyridine rings is 1. The zero-order valence-corrected chi connectivity index (χ0v) is 14.8. The molecule has 1 unspecified atom stereocenters. The lowest BCUT2D eigenvalue weighted by atomic mass is 9.99. The van der Waals surface area contributed by atoms with Gasteiger partial charge < -0.3 is 19.5 Å². The lowest BCUT2D eigenvalue weighted by molar-refractivity contribution is -0.136. The largest absolute Gasteiger partial charge is 0.475 e. The molecule has 23 heavy (non-hydrogen) atoms. The molecule has 1 atom stereocenters. The molecule has 0 aromatic carbocycles. The number of carbonyl (C=O) groups excluding carboxylic acids is 1. The summed E-state index contributed by atoms with van der Waals surface area (Å²) < 4.78 is 16.1. The van der Waals surface area contributed by atoms with Gasteiger partial charge in [-0.3, -0.25) is 4.79 Å². The van der Waals surface area contributed by atoms with Crippen LogP contribution in [0.2, 0.25) is 0 Å². The van der Waals surface area contributed by atoms with Crippen molar-refractivity contribution in [2.45, 2.75) is 46.1 Å². The van der Waals surface area contributed by atoms with Crippen molar-refractivity contribution in [3.63, 3.8) is 0 Å². The second-order valence-electron chi connectivity index (χ2n) is 5.47. The third-order valence-corrected chi connectivity index (χ3v) is 3.65. The van der Waals surface area contributed by atoms with Crippen LogP contribution in [0.1, 0.15) is 39.3 Å². The van der Waals surface area contributed by atoms with Gasteiger partial charge in [-0.05, 0) is 33.3 Å². The summed E-state index contributed by atoms with van der Waals surface area (Å²) in [5.41, 5.74) is 0.516. The fraction of sp³-hybridized carbons (Fsp3) is 0.647. The van der Waals surface area contributed by atoms with Crippen LogP contribution in [0.15, 0.2) is 12.1 Å². The molecule has 0 aliphatic heterocycles. The summed E-state index contributed by atoms with van der Waals surface area (Å²) in [6.07, 6.45) is 1.52. The number of amides is 1. The standard InChI is InChI=1S/C17H28N2O4/c1-6-10-17(4,21-5)16(20)19-14-8-9-15(18-13(14)3)23-12-11-22-7-2/h8-9H,6-7,10-12H2,1-5H3,(H,19,20). The molecule has 0 fully saturated rings. The number of hydrogen-bond acceptors (Lipinski definition) is 5. The molecule has 1 amide bonds. The zero-order valence-electron chi connectivity index (χ0n) is 14.8. The highest BCUT2D eigenvalue weighted by Crippen LogP contribution is 2.22. The van der Waals surface area contributed by atoms with Crippen LogP contribution in [-0.2, 0) is 14.3 Å². The number of methoxy groups -OCH3 is 1. The van der Waals surface area contributed by atoms with E-state index in [1.165, 1.54) is 0 Å². The first-order valence-corrected chi connectivity index (χ1v) is 8.01. The zero-order chi connectivity index (χ0) is 17.3. The Hall–Kier alpha value is -1.66. The van der Waals surface area contributed by atoms with Gasteiger partial charge in [0.25, 0.3) is 5.91 Å². The van der Waals surface area contributed by atoms with Crippen LogP contribution >= 0.6 is 0 Å². The predicted molar refractivity (Wildman–Crippen MR) is 89.9 cm³/mol. The topological polar surface area (TPSA) is 69.7 Å². The molecule has 1 aromatic heterocycles. The molecule has 1 heterocycles. The van der Waals surface area contributed by atoms with Gasteiger partial charge in [0.05, 0.1) is 18.0 Å². The van der Waals surface area contributed by atoms with Crippen molar-refractivity contribution in [2.75, 3.05) is 32.2 Å². The number of anilines is 1. The highest BCUT2D eigenvalue weighted by Gasteiger charge is 2.32. The first-order valence-electron chi connectivity index (χ1n) is 8.01. The number of aryl methyl sites for hydroxylation is 1. The maximum absolute atomic E-state index is 12.4. The highest BCUT2D eigenvalue weighted by molar-refractivity contribution is 5.97. The Balaban J connectivity index is 2.69. The van der Waals surface area contributed by atoms with Gasteiger partial charge in [0.15, 0.2) is 0 Å². The van der Waals surface area contributed by atoms with Gasteiger partial charge in [-0.1, -0.05) is 13.3 Å². The lowest BCUT2D eigenvalue weighted by Crippen LogP contribution is -2.42. The number of carbonyl (C=O) groups is 1. The van der Waals surface area contributed by atoms with Gasteiger partial charge in [0.1, 0.15) is 12.2 Å². The van der Waals surface area contributed by atoms with Crippen molar-refractivity contribution < 1.29 is 19.0 Å². The smallest absolute Gasteiger partial charge is 0.256 e. The molecule has 0 radical (unpaired) electrons. The number of nitrogens with zero attached hydrogens (tertiary/aromatic N) is 1. The first-order chi connectivity index (χ1) is 11.0. The first kappa shape index (κ1) is 19.4. The van der Waals surface area contributed by atoms with Crippen molar-refractivity contribution in [2.24, 2.45) is 0 Å². The van der Waals surface area contributed by atoms with Crippen molar-refractivity contribution >= 4 is 11.6 Å². The van der Waals surface area contributed by atoms with E-state index in [9.17, 15) is 4.79 Å². The predicted octanol–water partition coefficient (Wildman–Crippen LogP) is 2.95. The third-order valence-electron chi connectivity index (χ3n) is 3.65. The van der Waals surface area contributed by atoms with Crippen molar-refractivity contribution in [3.05, 3.63) is 17.8 Å². The number of rotatable bonds is 10. The molecule has 0 aliphatic carbocycles. The number of aromatic nitrogens is 1. The molecule has 1 rings (SSSR count). The summed E-state index contributed by atoms with van der Waals surface area (Å²) in [5.74, 6) is 0.347. The van der Waals surface area contributed by atoms with Crippen LogP contribution in [0.3, 0.4) is 0 Å². The quantitative estimate of drug-likeness (QED) is 0.670. The molecular formula is C17H28N2O4. The minimum atomic E-state index is -0.839. The fourth-order valence-electron chi connectivity index (χ4n) is 2.14. The van der Waals surface area contributed by atoms with Crippen molar-refractivity contribution in [1.29, 1.82) is 0 Å². The van der Waals surface area contributed by atoms with Crippen LogP contribution in [0.4, 0.5) is 5.69 Å². The van der Waals surface area contributed by atoms with Crippen molar-refractivity contribution in [3.8, 4) is 5.88 Å². The minimum Gasteiger partial charge on any atom is -0.475 e. The molecule has 0 saturated heterocycles. The van der Waals surface area contributed by atoms with E-state index < -0.39 is 5.60 Å². The van der Waals surface area contributed by atoms with Gasteiger partial charge in [0.2, 0.25) is 5.88 Å². The van der Waals surface area contributed by atoms with Crippen molar-refractivity contribution in [1.82, 2.24) is 4.98 Å². The minimum absolute atomic E-state index is 0.170. The van der Waals surface area contributed by atoms with Crippen LogP contribution in [0, 0.1) is 6.92 Å². The van der Waals surface area contributed by atoms with E-state index in [0.29, 0.717) is 43.5 Å². The van der Waals surface area contributed by atoms with Gasteiger partial charge in [0, 0.05) is 19.8 Å². The van der Waals surface area contributed by atoms with Gasteiger partial charge in [-0.25, -0.2) is 4.98 Å². The van der Waals surface area contributed by atoms with Crippen LogP contribution in [0.5, 0.6) is 5.88 Å². The van der Waals surface area contributed by atoms with E-state index in [1.807, 2.05) is 20.8 Å². The van der Waals surface area contributed by atoms with Gasteiger partial charge >= 0.3 is 0 Å². The summed E-state index contributed by atoms with van der Waals surface area (Å²) in [6, 6.07) is 3.52. The van der Waals surface area contributed by atoms with E-state index >= 15 is 0 Å². The Morgan fingerprint density at radius 3 is 2.61 bits per heavy atom. The maximum Gasteiger partial charge on any atom is 0.256 e. The Morgan fingerprint density at radius 2 is 2.04 bits per heavy atom. The van der Waals surface area contributed by atoms with Crippen LogP contribution < -0.4 is 10.1 Å². The molecule has 1 aromatic rings. The molecular weight excluding hydrogens is 296 g/mol. The number of hydrogen-bond donors (Lipinski definition) is 1. The monoisotopic (exact) mass is 324 g/mol. The third kappa shape index (κ3) is 5.80. The molecule has 0 saturated carbocycles. The summed E-state index contributed by atoms with van der Waals surface area (Å²) in [7, 11) is 1.55. The Labute approximate surface area is 138 Å². The van der Waals surface area contributed by atoms with Crippen LogP contribution in [0.25, 0.3) is 0 Å². The number of ether oxygens (including phenoxy) is 3. The maximum atomic E-state index is 12.4. The fourth-order valence-corrected chi connectivity index (χ4v) is 2.14. The van der Waals surface area contributed by atoms with E-state index in [2.05, 4.69) is 10.3 Å². The Kier molecular flexibility index (Phi) is 7.98. The summed E-state index contributed by atoms with van der Waals surface area (Å²) in [4.78, 5) is 16.8. The summed E-state index contributed by atoms with van der Waals surface area (Å²) in [6.45, 7) is 9.21. The summed E-state index contributed by atoms with van der Waals surface area (Å²) >= 11 is 0. The molecule has 130 valence electrons. The normalized spacial score (nSPS) is 13.4. The molecule has 6 heteroatoms. The lowest BCUT2D eigenvalue weighted by Gasteiger charge is -2.26. The second kappa shape index (κ2) is 9.47. The average molecular weight is 324 g/mol. The van der Waals surface area contributed by atoms with Crippen LogP contribution in [-0.4, -0.2) is 43.4 Å². The van der Waals surface area contributed by atoms with E-state index in [1.54, 1.807) is 26.2 Å². The van der Waals surface area contributed by atoms with E-state index in [4.69, 9.17) is 14.2 Å². The molecule has 6 nitrogen and oxygen atoms in total. The SMILES string of the molecule is CCCC(C)(OC)C(=O)Nc1ccc(OCCOCC)nc1C. The average Bonchev–Trinajstić information content (AvgIpc) is 2.54. The molecule has 1 N–H and O–H groups in total. The van der Waals surface area contributed by atoms with Gasteiger partial charge in [-0.15, -0.1) is 0 Å². The van der Waals surface area contributed by atoms with E-state index in [-0.39, 0.29) is 5.91 Å². The summed E-state index contributed by atoms with van der Waals surface area (Å²) in [5, 5.41) is 2.88. The molecule has 0 bridgehead atoms. The molecule has 0 aliphatic rings. The van der Waals surface area contributed by atoms with Gasteiger partial charge in [-0.2, -0.15) is 0 Å². The van der Waals surface area contributed by atoms with E-state index in [0.717, 1.165) is 6.42 Å². The highest BCUT2D eigenvalue weighted by atomic mass is 16.5. The Morgan fingerprint density at radius 1 is 1.30 bits per heavy atom. The Bertz CT molecular complexity index is 507. The molecule has 0 spiro atoms. The second-order valence-corrected chi connectivity index (χ2v) is 5.47. The number of nitrogens with one attached hydrogen (secondary N) is 1.